The summed E-state index contributed by atoms with van der Waals surface area (Å²) >= 11 is 0. The summed E-state index contributed by atoms with van der Waals surface area (Å²) in [7, 11) is 0. The molecule has 0 spiro atoms. The maximum atomic E-state index is 9.75. The molecule has 5 atom stereocenters. The third-order valence-electron chi connectivity index (χ3n) is 3.82. The van der Waals surface area contributed by atoms with Crippen LogP contribution in [0.4, 0.5) is 0 Å². The van der Waals surface area contributed by atoms with E-state index in [0.717, 1.165) is 12.8 Å². The fourth-order valence-electron chi connectivity index (χ4n) is 2.61. The Hall–Kier alpha value is -0.240. The van der Waals surface area contributed by atoms with Gasteiger partial charge in [0, 0.05) is 0 Å². The van der Waals surface area contributed by atoms with Crippen LogP contribution < -0.4 is 0 Å². The molecule has 0 amide bonds. The van der Waals surface area contributed by atoms with Gasteiger partial charge in [-0.2, -0.15) is 0 Å². The molecule has 1 saturated heterocycles. The van der Waals surface area contributed by atoms with E-state index in [2.05, 4.69) is 0 Å². The normalized spacial score (nSPS) is 42.3. The van der Waals surface area contributed by atoms with Crippen molar-refractivity contribution in [1.82, 2.24) is 0 Å². The van der Waals surface area contributed by atoms with Crippen molar-refractivity contribution in [2.24, 2.45) is 5.92 Å². The molecule has 1 saturated carbocycles. The molecular formula is C12H22O6. The Morgan fingerprint density at radius 1 is 1.00 bits per heavy atom. The third kappa shape index (κ3) is 3.01. The highest BCUT2D eigenvalue weighted by atomic mass is 16.7. The highest BCUT2D eigenvalue weighted by Crippen LogP contribution is 2.27. The monoisotopic (exact) mass is 262 g/mol. The number of aliphatic hydroxyl groups is 4. The Morgan fingerprint density at radius 3 is 2.28 bits per heavy atom. The van der Waals surface area contributed by atoms with Crippen molar-refractivity contribution < 1.29 is 29.9 Å². The van der Waals surface area contributed by atoms with Crippen molar-refractivity contribution >= 4 is 0 Å². The van der Waals surface area contributed by atoms with Crippen molar-refractivity contribution in [3.63, 3.8) is 0 Å². The number of rotatable bonds is 4. The van der Waals surface area contributed by atoms with Gasteiger partial charge in [0.1, 0.15) is 24.4 Å². The molecule has 1 heterocycles. The average Bonchev–Trinajstić information content (AvgIpc) is 2.88. The predicted octanol–water partition coefficient (Wildman–Crippen LogP) is -1.01. The molecule has 0 aromatic carbocycles. The van der Waals surface area contributed by atoms with Crippen LogP contribution in [0.5, 0.6) is 0 Å². The number of ether oxygens (including phenoxy) is 2. The Balaban J connectivity index is 1.86. The van der Waals surface area contributed by atoms with Crippen LogP contribution >= 0.6 is 0 Å². The van der Waals surface area contributed by atoms with Gasteiger partial charge >= 0.3 is 0 Å². The van der Waals surface area contributed by atoms with Crippen LogP contribution in [-0.2, 0) is 9.47 Å². The number of hydrogen-bond donors (Lipinski definition) is 4. The highest BCUT2D eigenvalue weighted by molar-refractivity contribution is 4.89. The molecule has 0 aromatic heterocycles. The minimum atomic E-state index is -1.36. The highest BCUT2D eigenvalue weighted by Gasteiger charge is 2.44. The minimum Gasteiger partial charge on any atom is -0.394 e. The Bertz CT molecular complexity index is 253. The van der Waals surface area contributed by atoms with E-state index >= 15 is 0 Å². The van der Waals surface area contributed by atoms with Gasteiger partial charge in [0.15, 0.2) is 6.29 Å². The average molecular weight is 262 g/mol. The molecule has 18 heavy (non-hydrogen) atoms. The maximum absolute atomic E-state index is 9.75. The molecule has 106 valence electrons. The second kappa shape index (κ2) is 6.27. The molecule has 2 fully saturated rings. The summed E-state index contributed by atoms with van der Waals surface area (Å²) in [5.74, 6) is 0.470. The second-order valence-electron chi connectivity index (χ2n) is 5.18. The lowest BCUT2D eigenvalue weighted by atomic mass is 9.99. The van der Waals surface area contributed by atoms with E-state index in [1.807, 2.05) is 0 Å². The molecule has 0 aromatic rings. The SMILES string of the molecule is OC[C@H]1O[C@@H](OCC2CCCC2)[C@H](O)[C@@H](O)[C@@H]1O. The molecule has 4 N–H and O–H groups in total. The van der Waals surface area contributed by atoms with Crippen LogP contribution in [0.1, 0.15) is 25.7 Å². The lowest BCUT2D eigenvalue weighted by Crippen LogP contribution is -2.59. The van der Waals surface area contributed by atoms with Crippen LogP contribution in [0.3, 0.4) is 0 Å². The summed E-state index contributed by atoms with van der Waals surface area (Å²) in [6.07, 6.45) is -1.23. The zero-order chi connectivity index (χ0) is 13.1. The summed E-state index contributed by atoms with van der Waals surface area (Å²) < 4.78 is 10.7. The van der Waals surface area contributed by atoms with E-state index in [9.17, 15) is 15.3 Å². The first-order chi connectivity index (χ1) is 8.63. The predicted molar refractivity (Wildman–Crippen MR) is 61.7 cm³/mol. The van der Waals surface area contributed by atoms with Gasteiger partial charge in [-0.15, -0.1) is 0 Å². The van der Waals surface area contributed by atoms with Gasteiger partial charge in [0.25, 0.3) is 0 Å². The molecule has 0 unspecified atom stereocenters. The quantitative estimate of drug-likeness (QED) is 0.518. The molecule has 0 bridgehead atoms. The maximum Gasteiger partial charge on any atom is 0.186 e. The van der Waals surface area contributed by atoms with Gasteiger partial charge in [-0.3, -0.25) is 0 Å². The number of hydrogen-bond acceptors (Lipinski definition) is 6. The largest absolute Gasteiger partial charge is 0.394 e. The molecule has 1 aliphatic heterocycles. The fraction of sp³-hybridized carbons (Fsp3) is 1.00. The fourth-order valence-corrected chi connectivity index (χ4v) is 2.61. The molecular weight excluding hydrogens is 240 g/mol. The Labute approximate surface area is 106 Å². The van der Waals surface area contributed by atoms with Crippen LogP contribution in [0.15, 0.2) is 0 Å². The van der Waals surface area contributed by atoms with Crippen molar-refractivity contribution in [3.05, 3.63) is 0 Å². The van der Waals surface area contributed by atoms with Crippen LogP contribution in [-0.4, -0.2) is 64.3 Å². The lowest BCUT2D eigenvalue weighted by Gasteiger charge is -2.39. The summed E-state index contributed by atoms with van der Waals surface area (Å²) in [5.41, 5.74) is 0. The molecule has 2 rings (SSSR count). The van der Waals surface area contributed by atoms with E-state index in [-0.39, 0.29) is 0 Å². The third-order valence-corrected chi connectivity index (χ3v) is 3.82. The lowest BCUT2D eigenvalue weighted by molar-refractivity contribution is -0.303. The van der Waals surface area contributed by atoms with Crippen molar-refractivity contribution in [1.29, 1.82) is 0 Å². The first-order valence-corrected chi connectivity index (χ1v) is 6.55. The summed E-state index contributed by atoms with van der Waals surface area (Å²) in [4.78, 5) is 0. The molecule has 2 aliphatic rings. The molecule has 0 radical (unpaired) electrons. The Kier molecular flexibility index (Phi) is 4.94. The van der Waals surface area contributed by atoms with E-state index < -0.39 is 37.3 Å². The van der Waals surface area contributed by atoms with Crippen molar-refractivity contribution in [3.8, 4) is 0 Å². The van der Waals surface area contributed by atoms with Gasteiger partial charge in [0.2, 0.25) is 0 Å². The first-order valence-electron chi connectivity index (χ1n) is 6.55. The van der Waals surface area contributed by atoms with E-state index in [4.69, 9.17) is 14.6 Å². The van der Waals surface area contributed by atoms with Crippen LogP contribution in [0.2, 0.25) is 0 Å². The molecule has 6 heteroatoms. The van der Waals surface area contributed by atoms with Crippen LogP contribution in [0.25, 0.3) is 0 Å². The molecule has 6 nitrogen and oxygen atoms in total. The topological polar surface area (TPSA) is 99.4 Å². The first kappa shape index (κ1) is 14.2. The second-order valence-corrected chi connectivity index (χ2v) is 5.18. The van der Waals surface area contributed by atoms with Gasteiger partial charge < -0.3 is 29.9 Å². The zero-order valence-electron chi connectivity index (χ0n) is 10.3. The smallest absolute Gasteiger partial charge is 0.186 e. The Morgan fingerprint density at radius 2 is 1.67 bits per heavy atom. The minimum absolute atomic E-state index is 0.422. The van der Waals surface area contributed by atoms with Gasteiger partial charge in [-0.25, -0.2) is 0 Å². The van der Waals surface area contributed by atoms with E-state index in [1.165, 1.54) is 12.8 Å². The van der Waals surface area contributed by atoms with Crippen molar-refractivity contribution in [2.75, 3.05) is 13.2 Å². The van der Waals surface area contributed by atoms with Gasteiger partial charge in [0.05, 0.1) is 13.2 Å². The summed E-state index contributed by atoms with van der Waals surface area (Å²) in [5, 5.41) is 38.0. The van der Waals surface area contributed by atoms with Crippen molar-refractivity contribution in [2.45, 2.75) is 56.4 Å². The standard InChI is InChI=1S/C12H22O6/c13-5-8-9(14)10(15)11(16)12(18-8)17-6-7-3-1-2-4-7/h7-16H,1-6H2/t8-,9-,10+,11-,12-/m1/s1. The van der Waals surface area contributed by atoms with E-state index in [0.29, 0.717) is 12.5 Å². The summed E-state index contributed by atoms with van der Waals surface area (Å²) in [6, 6.07) is 0. The van der Waals surface area contributed by atoms with Gasteiger partial charge in [-0.1, -0.05) is 12.8 Å². The zero-order valence-corrected chi connectivity index (χ0v) is 10.3. The number of aliphatic hydroxyl groups excluding tert-OH is 4. The van der Waals surface area contributed by atoms with Gasteiger partial charge in [-0.05, 0) is 18.8 Å². The van der Waals surface area contributed by atoms with Crippen LogP contribution in [0, 0.1) is 5.92 Å². The summed E-state index contributed by atoms with van der Waals surface area (Å²) in [6.45, 7) is 0.0525. The van der Waals surface area contributed by atoms with E-state index in [1.54, 1.807) is 0 Å². The molecule has 1 aliphatic carbocycles.